The number of hydrogen-bond acceptors (Lipinski definition) is 4. The number of hydrogen-bond donors (Lipinski definition) is 1. The van der Waals surface area contributed by atoms with Gasteiger partial charge in [-0.15, -0.1) is 0 Å². The van der Waals surface area contributed by atoms with E-state index in [1.807, 2.05) is 12.1 Å². The maximum atomic E-state index is 10.2. The molecule has 16 heavy (non-hydrogen) atoms. The first kappa shape index (κ1) is 12.7. The van der Waals surface area contributed by atoms with E-state index < -0.39 is 10.4 Å². The Balaban J connectivity index is 2.46. The Morgan fingerprint density at radius 3 is 2.62 bits per heavy atom. The van der Waals surface area contributed by atoms with Crippen LogP contribution < -0.4 is 4.74 Å². The molecule has 0 spiro atoms. The monoisotopic (exact) mass is 244 g/mol. The van der Waals surface area contributed by atoms with Gasteiger partial charge in [0.2, 0.25) is 0 Å². The first-order chi connectivity index (χ1) is 7.53. The minimum Gasteiger partial charge on any atom is -0.491 e. The van der Waals surface area contributed by atoms with Crippen LogP contribution in [0.15, 0.2) is 30.8 Å². The summed E-state index contributed by atoms with van der Waals surface area (Å²) in [4.78, 5) is 0. The summed E-state index contributed by atoms with van der Waals surface area (Å²) in [6, 6.07) is 7.15. The fraction of sp³-hybridized carbons (Fsp3) is 0.200. The molecular formula is C10H12O5S. The van der Waals surface area contributed by atoms with Crippen LogP contribution in [-0.4, -0.2) is 26.2 Å². The highest BCUT2D eigenvalue weighted by atomic mass is 32.3. The van der Waals surface area contributed by atoms with E-state index >= 15 is 0 Å². The van der Waals surface area contributed by atoms with Gasteiger partial charge in [-0.2, -0.15) is 8.42 Å². The van der Waals surface area contributed by atoms with Gasteiger partial charge in [-0.25, -0.2) is 4.18 Å². The van der Waals surface area contributed by atoms with E-state index in [2.05, 4.69) is 10.8 Å². The van der Waals surface area contributed by atoms with Crippen LogP contribution in [0, 0.1) is 0 Å². The molecule has 0 heterocycles. The van der Waals surface area contributed by atoms with Gasteiger partial charge in [0.25, 0.3) is 0 Å². The molecule has 1 rings (SSSR count). The minimum atomic E-state index is -4.39. The van der Waals surface area contributed by atoms with E-state index in [9.17, 15) is 8.42 Å². The molecule has 0 atom stereocenters. The summed E-state index contributed by atoms with van der Waals surface area (Å²) in [6.07, 6.45) is 1.62. The van der Waals surface area contributed by atoms with Crippen LogP contribution in [-0.2, 0) is 14.6 Å². The van der Waals surface area contributed by atoms with Crippen molar-refractivity contribution in [3.8, 4) is 5.75 Å². The standard InChI is InChI=1S/C10H12O5S/c1-2-9-5-3-4-6-10(9)14-7-8-15-16(11,12)13/h2-6H,1,7-8H2,(H,11,12,13). The Bertz CT molecular complexity index is 452. The van der Waals surface area contributed by atoms with Gasteiger partial charge in [0.05, 0.1) is 0 Å². The molecule has 6 heteroatoms. The Hall–Kier alpha value is -1.37. The maximum Gasteiger partial charge on any atom is 0.397 e. The predicted molar refractivity (Wildman–Crippen MR) is 59.5 cm³/mol. The maximum absolute atomic E-state index is 10.2. The molecule has 0 unspecified atom stereocenters. The van der Waals surface area contributed by atoms with Crippen LogP contribution in [0.25, 0.3) is 6.08 Å². The van der Waals surface area contributed by atoms with Crippen molar-refractivity contribution in [3.63, 3.8) is 0 Å². The van der Waals surface area contributed by atoms with Crippen molar-refractivity contribution < 1.29 is 21.9 Å². The molecule has 0 aromatic heterocycles. The third-order valence-electron chi connectivity index (χ3n) is 1.71. The zero-order valence-corrected chi connectivity index (χ0v) is 9.31. The second-order valence-electron chi connectivity index (χ2n) is 2.84. The lowest BCUT2D eigenvalue weighted by molar-refractivity contribution is 0.201. The van der Waals surface area contributed by atoms with Gasteiger partial charge in [0, 0.05) is 5.56 Å². The van der Waals surface area contributed by atoms with E-state index in [1.165, 1.54) is 0 Å². The molecular weight excluding hydrogens is 232 g/mol. The number of para-hydroxylation sites is 1. The normalized spacial score (nSPS) is 11.1. The highest BCUT2D eigenvalue weighted by Crippen LogP contribution is 2.18. The summed E-state index contributed by atoms with van der Waals surface area (Å²) in [5.74, 6) is 0.580. The highest BCUT2D eigenvalue weighted by Gasteiger charge is 2.04. The van der Waals surface area contributed by atoms with Crippen LogP contribution in [0.2, 0.25) is 0 Å². The van der Waals surface area contributed by atoms with Gasteiger partial charge in [0.1, 0.15) is 19.0 Å². The molecule has 0 saturated heterocycles. The van der Waals surface area contributed by atoms with Gasteiger partial charge < -0.3 is 4.74 Å². The van der Waals surface area contributed by atoms with Crippen LogP contribution >= 0.6 is 0 Å². The Morgan fingerprint density at radius 1 is 1.31 bits per heavy atom. The van der Waals surface area contributed by atoms with Crippen LogP contribution in [0.5, 0.6) is 5.75 Å². The smallest absolute Gasteiger partial charge is 0.397 e. The van der Waals surface area contributed by atoms with E-state index in [-0.39, 0.29) is 13.2 Å². The van der Waals surface area contributed by atoms with Gasteiger partial charge in [-0.1, -0.05) is 30.9 Å². The van der Waals surface area contributed by atoms with Crippen molar-refractivity contribution >= 4 is 16.5 Å². The molecule has 1 aromatic carbocycles. The summed E-state index contributed by atoms with van der Waals surface area (Å²) in [5.41, 5.74) is 0.800. The van der Waals surface area contributed by atoms with Crippen molar-refractivity contribution in [2.24, 2.45) is 0 Å². The zero-order valence-electron chi connectivity index (χ0n) is 8.50. The van der Waals surface area contributed by atoms with Gasteiger partial charge >= 0.3 is 10.4 Å². The molecule has 0 aliphatic rings. The van der Waals surface area contributed by atoms with Gasteiger partial charge in [-0.05, 0) is 6.07 Å². The largest absolute Gasteiger partial charge is 0.491 e. The number of ether oxygens (including phenoxy) is 1. The second kappa shape index (κ2) is 5.64. The molecule has 88 valence electrons. The fourth-order valence-corrected chi connectivity index (χ4v) is 1.35. The van der Waals surface area contributed by atoms with E-state index in [1.54, 1.807) is 18.2 Å². The molecule has 0 amide bonds. The third kappa shape index (κ3) is 4.43. The molecule has 0 aliphatic carbocycles. The van der Waals surface area contributed by atoms with Crippen molar-refractivity contribution in [1.29, 1.82) is 0 Å². The summed E-state index contributed by atoms with van der Waals surface area (Å²) in [5, 5.41) is 0. The quantitative estimate of drug-likeness (QED) is 0.606. The minimum absolute atomic E-state index is 0.0185. The number of rotatable bonds is 6. The third-order valence-corrected chi connectivity index (χ3v) is 2.18. The predicted octanol–water partition coefficient (Wildman–Crippen LogP) is 1.53. The van der Waals surface area contributed by atoms with Gasteiger partial charge in [0.15, 0.2) is 0 Å². The summed E-state index contributed by atoms with van der Waals surface area (Å²) in [7, 11) is -4.39. The molecule has 1 N–H and O–H groups in total. The lowest BCUT2D eigenvalue weighted by Crippen LogP contribution is -2.11. The lowest BCUT2D eigenvalue weighted by atomic mass is 10.2. The average molecular weight is 244 g/mol. The van der Waals surface area contributed by atoms with Crippen LogP contribution in [0.1, 0.15) is 5.56 Å². The summed E-state index contributed by atoms with van der Waals surface area (Å²) < 4.78 is 38.1. The van der Waals surface area contributed by atoms with Crippen LogP contribution in [0.3, 0.4) is 0 Å². The fourth-order valence-electron chi connectivity index (χ4n) is 1.07. The second-order valence-corrected chi connectivity index (χ2v) is 3.93. The zero-order chi connectivity index (χ0) is 12.0. The van der Waals surface area contributed by atoms with Crippen molar-refractivity contribution in [2.45, 2.75) is 0 Å². The van der Waals surface area contributed by atoms with E-state index in [4.69, 9.17) is 9.29 Å². The summed E-state index contributed by atoms with van der Waals surface area (Å²) in [6.45, 7) is 3.38. The van der Waals surface area contributed by atoms with Crippen molar-refractivity contribution in [2.75, 3.05) is 13.2 Å². The molecule has 1 aromatic rings. The Labute approximate surface area is 94.3 Å². The lowest BCUT2D eigenvalue weighted by Gasteiger charge is -2.08. The average Bonchev–Trinajstić information content (AvgIpc) is 2.23. The highest BCUT2D eigenvalue weighted by molar-refractivity contribution is 7.80. The topological polar surface area (TPSA) is 72.8 Å². The van der Waals surface area contributed by atoms with E-state index in [0.717, 1.165) is 5.56 Å². The van der Waals surface area contributed by atoms with E-state index in [0.29, 0.717) is 5.75 Å². The molecule has 0 bridgehead atoms. The first-order valence-corrected chi connectivity index (χ1v) is 5.85. The van der Waals surface area contributed by atoms with Crippen LogP contribution in [0.4, 0.5) is 0 Å². The first-order valence-electron chi connectivity index (χ1n) is 4.49. The molecule has 0 radical (unpaired) electrons. The molecule has 0 aliphatic heterocycles. The Kier molecular flexibility index (Phi) is 4.48. The molecule has 0 fully saturated rings. The number of benzene rings is 1. The van der Waals surface area contributed by atoms with Crippen molar-refractivity contribution in [1.82, 2.24) is 0 Å². The Morgan fingerprint density at radius 2 is 2.00 bits per heavy atom. The molecule has 0 saturated carbocycles. The SMILES string of the molecule is C=Cc1ccccc1OCCOS(=O)(=O)O. The van der Waals surface area contributed by atoms with Gasteiger partial charge in [-0.3, -0.25) is 4.55 Å². The summed E-state index contributed by atoms with van der Waals surface area (Å²) >= 11 is 0. The van der Waals surface area contributed by atoms with Crippen molar-refractivity contribution in [3.05, 3.63) is 36.4 Å². The molecule has 5 nitrogen and oxygen atoms in total.